The number of nitrogens with zero attached hydrogens (tertiary/aromatic N) is 1. The Morgan fingerprint density at radius 3 is 2.63 bits per heavy atom. The van der Waals surface area contributed by atoms with Crippen LogP contribution in [-0.2, 0) is 13.1 Å². The average molecular weight is 278 g/mol. The lowest BCUT2D eigenvalue weighted by atomic mass is 10.1. The molecule has 1 heterocycles. The Bertz CT molecular complexity index is 523. The van der Waals surface area contributed by atoms with Crippen molar-refractivity contribution in [2.24, 2.45) is 0 Å². The normalized spacial score (nSPS) is 11.4. The number of benzene rings is 1. The SMILES string of the molecule is CC(C)N(Cc1cccs1)Cc1ccc(F)cc1N. The van der Waals surface area contributed by atoms with Crippen LogP contribution in [0, 0.1) is 5.82 Å². The van der Waals surface area contributed by atoms with E-state index in [-0.39, 0.29) is 5.82 Å². The van der Waals surface area contributed by atoms with Gasteiger partial charge in [0.25, 0.3) is 0 Å². The van der Waals surface area contributed by atoms with Crippen LogP contribution in [0.4, 0.5) is 10.1 Å². The van der Waals surface area contributed by atoms with Crippen LogP contribution in [0.2, 0.25) is 0 Å². The number of hydrogen-bond donors (Lipinski definition) is 1. The number of rotatable bonds is 5. The van der Waals surface area contributed by atoms with Gasteiger partial charge in [0.1, 0.15) is 5.82 Å². The molecule has 0 fully saturated rings. The maximum atomic E-state index is 13.1. The molecule has 19 heavy (non-hydrogen) atoms. The summed E-state index contributed by atoms with van der Waals surface area (Å²) in [6.07, 6.45) is 0. The van der Waals surface area contributed by atoms with Crippen LogP contribution in [-0.4, -0.2) is 10.9 Å². The molecular formula is C15H19FN2S. The summed E-state index contributed by atoms with van der Waals surface area (Å²) in [5.74, 6) is -0.282. The van der Waals surface area contributed by atoms with E-state index in [0.717, 1.165) is 18.7 Å². The second kappa shape index (κ2) is 6.17. The molecule has 1 aromatic heterocycles. The summed E-state index contributed by atoms with van der Waals surface area (Å²) in [5.41, 5.74) is 7.38. The van der Waals surface area contributed by atoms with Crippen molar-refractivity contribution >= 4 is 17.0 Å². The zero-order valence-corrected chi connectivity index (χ0v) is 12.1. The highest BCUT2D eigenvalue weighted by molar-refractivity contribution is 7.09. The minimum absolute atomic E-state index is 0.282. The van der Waals surface area contributed by atoms with Gasteiger partial charge in [-0.1, -0.05) is 12.1 Å². The third-order valence-electron chi connectivity index (χ3n) is 3.15. The lowest BCUT2D eigenvalue weighted by Crippen LogP contribution is -2.29. The molecule has 102 valence electrons. The lowest BCUT2D eigenvalue weighted by molar-refractivity contribution is 0.206. The molecule has 0 bridgehead atoms. The summed E-state index contributed by atoms with van der Waals surface area (Å²) in [6, 6.07) is 9.23. The molecule has 0 unspecified atom stereocenters. The Balaban J connectivity index is 2.12. The average Bonchev–Trinajstić information content (AvgIpc) is 2.84. The van der Waals surface area contributed by atoms with Gasteiger partial charge in [-0.3, -0.25) is 4.90 Å². The molecular weight excluding hydrogens is 259 g/mol. The molecule has 0 saturated carbocycles. The fourth-order valence-electron chi connectivity index (χ4n) is 1.95. The van der Waals surface area contributed by atoms with Gasteiger partial charge in [-0.15, -0.1) is 11.3 Å². The molecule has 2 aromatic rings. The molecule has 0 aliphatic carbocycles. The predicted octanol–water partition coefficient (Wildman–Crippen LogP) is 3.88. The van der Waals surface area contributed by atoms with Crippen LogP contribution in [0.3, 0.4) is 0 Å². The van der Waals surface area contributed by atoms with E-state index in [0.29, 0.717) is 11.7 Å². The summed E-state index contributed by atoms with van der Waals surface area (Å²) >= 11 is 1.75. The van der Waals surface area contributed by atoms with Gasteiger partial charge in [-0.2, -0.15) is 0 Å². The Morgan fingerprint density at radius 2 is 2.05 bits per heavy atom. The summed E-state index contributed by atoms with van der Waals surface area (Å²) in [6.45, 7) is 5.95. The van der Waals surface area contributed by atoms with Crippen molar-refractivity contribution in [2.75, 3.05) is 5.73 Å². The Kier molecular flexibility index (Phi) is 4.56. The van der Waals surface area contributed by atoms with Crippen LogP contribution in [0.1, 0.15) is 24.3 Å². The van der Waals surface area contributed by atoms with Crippen molar-refractivity contribution in [1.82, 2.24) is 4.90 Å². The van der Waals surface area contributed by atoms with E-state index in [4.69, 9.17) is 5.73 Å². The van der Waals surface area contributed by atoms with Crippen molar-refractivity contribution in [3.63, 3.8) is 0 Å². The molecule has 1 aromatic carbocycles. The molecule has 2 rings (SSSR count). The van der Waals surface area contributed by atoms with Crippen molar-refractivity contribution in [3.05, 3.63) is 52.0 Å². The van der Waals surface area contributed by atoms with Gasteiger partial charge in [0.15, 0.2) is 0 Å². The quantitative estimate of drug-likeness (QED) is 0.841. The van der Waals surface area contributed by atoms with E-state index < -0.39 is 0 Å². The summed E-state index contributed by atoms with van der Waals surface area (Å²) in [7, 11) is 0. The number of halogens is 1. The van der Waals surface area contributed by atoms with Gasteiger partial charge in [0.2, 0.25) is 0 Å². The van der Waals surface area contributed by atoms with Crippen molar-refractivity contribution < 1.29 is 4.39 Å². The highest BCUT2D eigenvalue weighted by atomic mass is 32.1. The second-order valence-corrected chi connectivity index (χ2v) is 5.95. The van der Waals surface area contributed by atoms with Crippen molar-refractivity contribution in [2.45, 2.75) is 33.0 Å². The van der Waals surface area contributed by atoms with Gasteiger partial charge in [-0.05, 0) is 43.0 Å². The monoisotopic (exact) mass is 278 g/mol. The lowest BCUT2D eigenvalue weighted by Gasteiger charge is -2.26. The maximum Gasteiger partial charge on any atom is 0.125 e. The topological polar surface area (TPSA) is 29.3 Å². The summed E-state index contributed by atoms with van der Waals surface area (Å²) < 4.78 is 13.1. The van der Waals surface area contributed by atoms with E-state index in [9.17, 15) is 4.39 Å². The van der Waals surface area contributed by atoms with Crippen LogP contribution >= 0.6 is 11.3 Å². The van der Waals surface area contributed by atoms with E-state index in [1.54, 1.807) is 17.4 Å². The summed E-state index contributed by atoms with van der Waals surface area (Å²) in [5, 5.41) is 2.08. The number of anilines is 1. The molecule has 4 heteroatoms. The fourth-order valence-corrected chi connectivity index (χ4v) is 2.68. The Hall–Kier alpha value is -1.39. The zero-order chi connectivity index (χ0) is 13.8. The first-order valence-corrected chi connectivity index (χ1v) is 7.24. The maximum absolute atomic E-state index is 13.1. The number of thiophene rings is 1. The van der Waals surface area contributed by atoms with Crippen LogP contribution in [0.5, 0.6) is 0 Å². The molecule has 0 atom stereocenters. The smallest absolute Gasteiger partial charge is 0.125 e. The molecule has 2 nitrogen and oxygen atoms in total. The van der Waals surface area contributed by atoms with Crippen LogP contribution in [0.25, 0.3) is 0 Å². The molecule has 0 radical (unpaired) electrons. The minimum Gasteiger partial charge on any atom is -0.398 e. The van der Waals surface area contributed by atoms with Gasteiger partial charge in [0, 0.05) is 29.7 Å². The first-order chi connectivity index (χ1) is 9.06. The van der Waals surface area contributed by atoms with Gasteiger partial charge < -0.3 is 5.73 Å². The second-order valence-electron chi connectivity index (χ2n) is 4.92. The number of nitrogen functional groups attached to an aromatic ring is 1. The molecule has 0 amide bonds. The highest BCUT2D eigenvalue weighted by Gasteiger charge is 2.13. The molecule has 0 saturated heterocycles. The van der Waals surface area contributed by atoms with Crippen molar-refractivity contribution in [1.29, 1.82) is 0 Å². The van der Waals surface area contributed by atoms with Crippen molar-refractivity contribution in [3.8, 4) is 0 Å². The zero-order valence-electron chi connectivity index (χ0n) is 11.3. The molecule has 0 aliphatic rings. The fraction of sp³-hybridized carbons (Fsp3) is 0.333. The molecule has 0 aliphatic heterocycles. The van der Waals surface area contributed by atoms with E-state index in [1.807, 2.05) is 0 Å². The first-order valence-electron chi connectivity index (χ1n) is 6.36. The first kappa shape index (κ1) is 14.0. The van der Waals surface area contributed by atoms with Crippen LogP contribution < -0.4 is 5.73 Å². The van der Waals surface area contributed by atoms with Gasteiger partial charge >= 0.3 is 0 Å². The van der Waals surface area contributed by atoms with Gasteiger partial charge in [-0.25, -0.2) is 4.39 Å². The van der Waals surface area contributed by atoms with Crippen LogP contribution in [0.15, 0.2) is 35.7 Å². The highest BCUT2D eigenvalue weighted by Crippen LogP contribution is 2.20. The largest absolute Gasteiger partial charge is 0.398 e. The number of hydrogen-bond acceptors (Lipinski definition) is 3. The Morgan fingerprint density at radius 1 is 1.26 bits per heavy atom. The molecule has 0 spiro atoms. The predicted molar refractivity (Wildman–Crippen MR) is 79.5 cm³/mol. The Labute approximate surface area is 117 Å². The molecule has 2 N–H and O–H groups in total. The van der Waals surface area contributed by atoms with E-state index >= 15 is 0 Å². The third-order valence-corrected chi connectivity index (χ3v) is 4.01. The van der Waals surface area contributed by atoms with Gasteiger partial charge in [0.05, 0.1) is 0 Å². The van der Waals surface area contributed by atoms with E-state index in [1.165, 1.54) is 17.0 Å². The summed E-state index contributed by atoms with van der Waals surface area (Å²) in [4.78, 5) is 3.66. The van der Waals surface area contributed by atoms with E-state index in [2.05, 4.69) is 36.3 Å². The minimum atomic E-state index is -0.282. The third kappa shape index (κ3) is 3.78. The number of nitrogens with two attached hydrogens (primary N) is 1. The standard InChI is InChI=1S/C15H19FN2S/c1-11(2)18(10-14-4-3-7-19-14)9-12-5-6-13(16)8-15(12)17/h3-8,11H,9-10,17H2,1-2H3.